The summed E-state index contributed by atoms with van der Waals surface area (Å²) in [4.78, 5) is 0.934. The van der Waals surface area contributed by atoms with Crippen LogP contribution in [0.3, 0.4) is 0 Å². The second-order valence-corrected chi connectivity index (χ2v) is 4.06. The Kier molecular flexibility index (Phi) is 6.40. The number of nitrogens with one attached hydrogen (secondary N) is 1. The van der Waals surface area contributed by atoms with Gasteiger partial charge in [-0.2, -0.15) is 0 Å². The molecule has 2 N–H and O–H groups in total. The minimum absolute atomic E-state index is 0. The molecule has 1 heterocycles. The molecule has 1 rings (SSSR count). The lowest BCUT2D eigenvalue weighted by Crippen LogP contribution is -2.15. The van der Waals surface area contributed by atoms with E-state index in [0.717, 1.165) is 4.88 Å². The van der Waals surface area contributed by atoms with Crippen molar-refractivity contribution in [2.45, 2.75) is 20.0 Å². The molecule has 0 aromatic carbocycles. The van der Waals surface area contributed by atoms with Crippen LogP contribution in [0.1, 0.15) is 23.5 Å². The number of aryl methyl sites for hydroxylation is 1. The average molecular weight is 266 g/mol. The van der Waals surface area contributed by atoms with E-state index in [9.17, 15) is 5.11 Å². The molecule has 0 saturated heterocycles. The molecule has 0 bridgehead atoms. The molecule has 6 heteroatoms. The number of methoxy groups -OCH3 is 1. The fourth-order valence-electron chi connectivity index (χ4n) is 1.29. The number of rotatable bonds is 4. The standard InChI is InChI=1S/C10H15NO3S.ClH/c1-4-14-10(11)9(12)8-6(2)15-5-7(8)13-3;/h5,9,11-12H,4H2,1-3H3;1H. The molecule has 1 unspecified atom stereocenters. The lowest BCUT2D eigenvalue weighted by atomic mass is 10.1. The minimum Gasteiger partial charge on any atom is -0.495 e. The molecular weight excluding hydrogens is 250 g/mol. The van der Waals surface area contributed by atoms with Crippen molar-refractivity contribution in [3.8, 4) is 5.75 Å². The summed E-state index contributed by atoms with van der Waals surface area (Å²) in [5, 5.41) is 19.2. The number of thiophene rings is 1. The fraction of sp³-hybridized carbons (Fsp3) is 0.500. The highest BCUT2D eigenvalue weighted by molar-refractivity contribution is 7.10. The minimum atomic E-state index is -1.04. The predicted octanol–water partition coefficient (Wildman–Crippen LogP) is 2.53. The highest BCUT2D eigenvalue weighted by Crippen LogP contribution is 2.34. The van der Waals surface area contributed by atoms with Crippen molar-refractivity contribution in [3.05, 3.63) is 15.8 Å². The van der Waals surface area contributed by atoms with Crippen molar-refractivity contribution >= 4 is 29.6 Å². The Morgan fingerprint density at radius 3 is 2.75 bits per heavy atom. The maximum Gasteiger partial charge on any atom is 0.215 e. The van der Waals surface area contributed by atoms with Gasteiger partial charge in [0.1, 0.15) is 5.75 Å². The molecule has 16 heavy (non-hydrogen) atoms. The van der Waals surface area contributed by atoms with E-state index < -0.39 is 6.10 Å². The summed E-state index contributed by atoms with van der Waals surface area (Å²) in [6, 6.07) is 0. The lowest BCUT2D eigenvalue weighted by molar-refractivity contribution is 0.187. The van der Waals surface area contributed by atoms with E-state index in [4.69, 9.17) is 14.9 Å². The molecule has 0 aliphatic heterocycles. The summed E-state index contributed by atoms with van der Waals surface area (Å²) < 4.78 is 10.1. The Balaban J connectivity index is 0.00000225. The largest absolute Gasteiger partial charge is 0.495 e. The van der Waals surface area contributed by atoms with Gasteiger partial charge in [-0.05, 0) is 13.8 Å². The zero-order valence-corrected chi connectivity index (χ0v) is 11.1. The molecule has 0 spiro atoms. The van der Waals surface area contributed by atoms with Crippen molar-refractivity contribution < 1.29 is 14.6 Å². The van der Waals surface area contributed by atoms with Gasteiger partial charge in [-0.15, -0.1) is 23.7 Å². The summed E-state index contributed by atoms with van der Waals surface area (Å²) >= 11 is 1.48. The fourth-order valence-corrected chi connectivity index (χ4v) is 2.14. The number of hydrogen-bond acceptors (Lipinski definition) is 5. The maximum absolute atomic E-state index is 9.88. The third kappa shape index (κ3) is 3.10. The van der Waals surface area contributed by atoms with Crippen LogP contribution in [0, 0.1) is 12.3 Å². The predicted molar refractivity (Wildman–Crippen MR) is 67.2 cm³/mol. The van der Waals surface area contributed by atoms with Crippen molar-refractivity contribution in [2.75, 3.05) is 13.7 Å². The molecule has 1 aromatic heterocycles. The van der Waals surface area contributed by atoms with Crippen LogP contribution in [0.2, 0.25) is 0 Å². The Morgan fingerprint density at radius 1 is 1.62 bits per heavy atom. The monoisotopic (exact) mass is 265 g/mol. The van der Waals surface area contributed by atoms with Crippen LogP contribution in [0.25, 0.3) is 0 Å². The third-order valence-corrected chi connectivity index (χ3v) is 2.93. The van der Waals surface area contributed by atoms with E-state index in [1.807, 2.05) is 12.3 Å². The van der Waals surface area contributed by atoms with Gasteiger partial charge in [0.25, 0.3) is 0 Å². The van der Waals surface area contributed by atoms with E-state index in [0.29, 0.717) is 17.9 Å². The number of aliphatic hydroxyl groups is 1. The second kappa shape index (κ2) is 6.73. The molecule has 0 aliphatic carbocycles. The topological polar surface area (TPSA) is 62.5 Å². The van der Waals surface area contributed by atoms with Crippen LogP contribution in [0.4, 0.5) is 0 Å². The molecule has 0 saturated carbocycles. The first-order valence-electron chi connectivity index (χ1n) is 4.63. The van der Waals surface area contributed by atoms with Crippen LogP contribution < -0.4 is 4.74 Å². The third-order valence-electron chi connectivity index (χ3n) is 2.03. The molecule has 4 nitrogen and oxygen atoms in total. The Morgan fingerprint density at radius 2 is 2.25 bits per heavy atom. The first-order chi connectivity index (χ1) is 7.11. The van der Waals surface area contributed by atoms with Crippen LogP contribution in [0.15, 0.2) is 5.38 Å². The van der Waals surface area contributed by atoms with Gasteiger partial charge in [-0.3, -0.25) is 5.41 Å². The molecule has 0 fully saturated rings. The molecule has 0 radical (unpaired) electrons. The smallest absolute Gasteiger partial charge is 0.215 e. The Labute approximate surface area is 105 Å². The molecule has 1 aromatic rings. The van der Waals surface area contributed by atoms with Gasteiger partial charge < -0.3 is 14.6 Å². The highest BCUT2D eigenvalue weighted by atomic mass is 35.5. The van der Waals surface area contributed by atoms with Crippen LogP contribution in [-0.2, 0) is 4.74 Å². The van der Waals surface area contributed by atoms with E-state index in [2.05, 4.69) is 0 Å². The highest BCUT2D eigenvalue weighted by Gasteiger charge is 2.22. The molecule has 1 atom stereocenters. The first-order valence-corrected chi connectivity index (χ1v) is 5.51. The molecule has 92 valence electrons. The number of halogens is 1. The van der Waals surface area contributed by atoms with Gasteiger partial charge in [-0.25, -0.2) is 0 Å². The quantitative estimate of drug-likeness (QED) is 0.650. The van der Waals surface area contributed by atoms with Crippen molar-refractivity contribution in [3.63, 3.8) is 0 Å². The Bertz CT molecular complexity index is 354. The lowest BCUT2D eigenvalue weighted by Gasteiger charge is -2.13. The van der Waals surface area contributed by atoms with Gasteiger partial charge in [0, 0.05) is 15.8 Å². The molecule has 0 amide bonds. The van der Waals surface area contributed by atoms with Gasteiger partial charge in [0.2, 0.25) is 5.90 Å². The summed E-state index contributed by atoms with van der Waals surface area (Å²) in [5.74, 6) is 0.465. The molecule has 0 aliphatic rings. The van der Waals surface area contributed by atoms with Gasteiger partial charge in [-0.1, -0.05) is 0 Å². The van der Waals surface area contributed by atoms with E-state index in [1.165, 1.54) is 11.3 Å². The number of aliphatic hydroxyl groups excluding tert-OH is 1. The van der Waals surface area contributed by atoms with Gasteiger partial charge in [0.15, 0.2) is 6.10 Å². The zero-order valence-electron chi connectivity index (χ0n) is 9.44. The average Bonchev–Trinajstić information content (AvgIpc) is 2.58. The van der Waals surface area contributed by atoms with Crippen molar-refractivity contribution in [1.82, 2.24) is 0 Å². The van der Waals surface area contributed by atoms with Crippen molar-refractivity contribution in [1.29, 1.82) is 5.41 Å². The Hall–Kier alpha value is -0.780. The normalized spacial score (nSPS) is 11.5. The second-order valence-electron chi connectivity index (χ2n) is 2.97. The van der Waals surface area contributed by atoms with E-state index in [1.54, 1.807) is 14.0 Å². The van der Waals surface area contributed by atoms with Crippen molar-refractivity contribution in [2.24, 2.45) is 0 Å². The zero-order chi connectivity index (χ0) is 11.4. The summed E-state index contributed by atoms with van der Waals surface area (Å²) in [6.45, 7) is 4.03. The summed E-state index contributed by atoms with van der Waals surface area (Å²) in [6.07, 6.45) is -1.04. The van der Waals surface area contributed by atoms with Crippen LogP contribution >= 0.6 is 23.7 Å². The van der Waals surface area contributed by atoms with Gasteiger partial charge >= 0.3 is 0 Å². The van der Waals surface area contributed by atoms with Gasteiger partial charge in [0.05, 0.1) is 13.7 Å². The number of ether oxygens (including phenoxy) is 2. The van der Waals surface area contributed by atoms with E-state index >= 15 is 0 Å². The summed E-state index contributed by atoms with van der Waals surface area (Å²) in [5.41, 5.74) is 0.626. The summed E-state index contributed by atoms with van der Waals surface area (Å²) in [7, 11) is 1.54. The van der Waals surface area contributed by atoms with Crippen LogP contribution in [-0.4, -0.2) is 24.7 Å². The maximum atomic E-state index is 9.88. The van der Waals surface area contributed by atoms with E-state index in [-0.39, 0.29) is 18.3 Å². The molecular formula is C10H16ClNO3S. The van der Waals surface area contributed by atoms with Crippen LogP contribution in [0.5, 0.6) is 5.75 Å². The first kappa shape index (κ1) is 15.2. The SMILES string of the molecule is CCOC(=N)C(O)c1c(OC)csc1C.Cl. The number of hydrogen-bond donors (Lipinski definition) is 2.